The maximum absolute atomic E-state index is 10.7. The van der Waals surface area contributed by atoms with Crippen molar-refractivity contribution < 1.29 is 9.90 Å². The minimum atomic E-state index is -0.905. The summed E-state index contributed by atoms with van der Waals surface area (Å²) in [6.07, 6.45) is 0.987. The minimum Gasteiger partial charge on any atom is -0.477 e. The Morgan fingerprint density at radius 1 is 1.71 bits per heavy atom. The molecule has 1 aromatic heterocycles. The van der Waals surface area contributed by atoms with Crippen molar-refractivity contribution in [1.29, 1.82) is 0 Å². The van der Waals surface area contributed by atoms with Crippen LogP contribution in [0.25, 0.3) is 0 Å². The van der Waals surface area contributed by atoms with Gasteiger partial charge >= 0.3 is 5.97 Å². The van der Waals surface area contributed by atoms with Crippen LogP contribution in [0.1, 0.15) is 35.6 Å². The Morgan fingerprint density at radius 3 is 2.79 bits per heavy atom. The van der Waals surface area contributed by atoms with E-state index in [-0.39, 0.29) is 0 Å². The van der Waals surface area contributed by atoms with Gasteiger partial charge in [0.2, 0.25) is 0 Å². The van der Waals surface area contributed by atoms with Crippen molar-refractivity contribution in [2.24, 2.45) is 0 Å². The number of carbonyl (C=O) groups is 1. The van der Waals surface area contributed by atoms with Gasteiger partial charge in [-0.15, -0.1) is 0 Å². The molecule has 78 valence electrons. The summed E-state index contributed by atoms with van der Waals surface area (Å²) in [6, 6.07) is 0.321. The minimum absolute atomic E-state index is 0.316. The molecule has 0 saturated carbocycles. The summed E-state index contributed by atoms with van der Waals surface area (Å²) in [6.45, 7) is 5.81. The highest BCUT2D eigenvalue weighted by atomic mass is 32.1. The molecule has 0 unspecified atom stereocenters. The first-order valence-corrected chi connectivity index (χ1v) is 5.33. The number of rotatable bonds is 4. The number of aromatic carboxylic acids is 1. The van der Waals surface area contributed by atoms with E-state index < -0.39 is 5.97 Å². The van der Waals surface area contributed by atoms with Crippen LogP contribution < -0.4 is 5.32 Å². The summed E-state index contributed by atoms with van der Waals surface area (Å²) in [5, 5.41) is 12.7. The third-order valence-electron chi connectivity index (χ3n) is 1.97. The van der Waals surface area contributed by atoms with Crippen molar-refractivity contribution in [3.8, 4) is 0 Å². The van der Waals surface area contributed by atoms with Gasteiger partial charge in [0.1, 0.15) is 4.88 Å². The summed E-state index contributed by atoms with van der Waals surface area (Å²) in [7, 11) is 0. The topological polar surface area (TPSA) is 62.2 Å². The van der Waals surface area contributed by atoms with Crippen LogP contribution in [-0.4, -0.2) is 22.1 Å². The highest BCUT2D eigenvalue weighted by molar-refractivity contribution is 7.17. The molecule has 0 aromatic carbocycles. The Balaban J connectivity index is 2.81. The Bertz CT molecular complexity index is 336. The molecule has 14 heavy (non-hydrogen) atoms. The van der Waals surface area contributed by atoms with E-state index in [2.05, 4.69) is 17.2 Å². The quantitative estimate of drug-likeness (QED) is 0.807. The van der Waals surface area contributed by atoms with Crippen LogP contribution in [0.3, 0.4) is 0 Å². The van der Waals surface area contributed by atoms with Gasteiger partial charge < -0.3 is 10.4 Å². The number of carboxylic acid groups (broad SMARTS) is 1. The van der Waals surface area contributed by atoms with Gasteiger partial charge in [-0.05, 0) is 20.3 Å². The molecule has 2 N–H and O–H groups in total. The van der Waals surface area contributed by atoms with E-state index in [1.54, 1.807) is 6.92 Å². The predicted molar refractivity (Wildman–Crippen MR) is 57.2 cm³/mol. The summed E-state index contributed by atoms with van der Waals surface area (Å²) in [5.41, 5.74) is 0.577. The van der Waals surface area contributed by atoms with Crippen LogP contribution in [-0.2, 0) is 0 Å². The van der Waals surface area contributed by atoms with Crippen molar-refractivity contribution in [2.45, 2.75) is 33.2 Å². The number of thiazole rings is 1. The van der Waals surface area contributed by atoms with Crippen molar-refractivity contribution in [2.75, 3.05) is 5.32 Å². The Hall–Kier alpha value is -1.10. The number of hydrogen-bond acceptors (Lipinski definition) is 4. The van der Waals surface area contributed by atoms with E-state index in [0.717, 1.165) is 6.42 Å². The van der Waals surface area contributed by atoms with Crippen LogP contribution in [0, 0.1) is 6.92 Å². The van der Waals surface area contributed by atoms with Crippen LogP contribution in [0.2, 0.25) is 0 Å². The number of nitrogens with zero attached hydrogens (tertiary/aromatic N) is 1. The number of aromatic nitrogens is 1. The van der Waals surface area contributed by atoms with Gasteiger partial charge in [0.25, 0.3) is 0 Å². The number of nitrogens with one attached hydrogen (secondary N) is 1. The summed E-state index contributed by atoms with van der Waals surface area (Å²) >= 11 is 1.19. The lowest BCUT2D eigenvalue weighted by Crippen LogP contribution is -2.12. The molecule has 0 radical (unpaired) electrons. The molecule has 0 aliphatic heterocycles. The zero-order valence-electron chi connectivity index (χ0n) is 8.50. The van der Waals surface area contributed by atoms with E-state index in [0.29, 0.717) is 21.7 Å². The molecule has 5 heteroatoms. The molecule has 0 spiro atoms. The van der Waals surface area contributed by atoms with Gasteiger partial charge in [-0.1, -0.05) is 18.3 Å². The average Bonchev–Trinajstić information content (AvgIpc) is 2.46. The van der Waals surface area contributed by atoms with Gasteiger partial charge in [-0.3, -0.25) is 0 Å². The van der Waals surface area contributed by atoms with Crippen LogP contribution >= 0.6 is 11.3 Å². The fourth-order valence-corrected chi connectivity index (χ4v) is 1.89. The standard InChI is InChI=1S/C9H14N2O2S/c1-4-5(2)10-9-11-6(3)7(14-9)8(12)13/h5H,4H2,1-3H3,(H,10,11)(H,12,13)/t5-/m0/s1. The van der Waals surface area contributed by atoms with E-state index >= 15 is 0 Å². The Labute approximate surface area is 87.0 Å². The first-order valence-electron chi connectivity index (χ1n) is 4.51. The number of carboxylic acids is 1. The molecule has 1 heterocycles. The molecule has 1 atom stereocenters. The molecule has 0 aliphatic carbocycles. The molecule has 4 nitrogen and oxygen atoms in total. The molecular weight excluding hydrogens is 200 g/mol. The normalized spacial score (nSPS) is 12.5. The Kier molecular flexibility index (Phi) is 3.46. The lowest BCUT2D eigenvalue weighted by Gasteiger charge is -2.08. The van der Waals surface area contributed by atoms with E-state index in [1.807, 2.05) is 6.92 Å². The van der Waals surface area contributed by atoms with Gasteiger partial charge in [0.05, 0.1) is 5.69 Å². The van der Waals surface area contributed by atoms with E-state index in [4.69, 9.17) is 5.11 Å². The summed E-state index contributed by atoms with van der Waals surface area (Å²) < 4.78 is 0. The lowest BCUT2D eigenvalue weighted by molar-refractivity contribution is 0.0701. The average molecular weight is 214 g/mol. The van der Waals surface area contributed by atoms with Crippen LogP contribution in [0.15, 0.2) is 0 Å². The third-order valence-corrected chi connectivity index (χ3v) is 3.05. The fraction of sp³-hybridized carbons (Fsp3) is 0.556. The second-order valence-corrected chi connectivity index (χ2v) is 4.19. The molecule has 0 fully saturated rings. The smallest absolute Gasteiger partial charge is 0.347 e. The number of hydrogen-bond donors (Lipinski definition) is 2. The SMILES string of the molecule is CC[C@H](C)Nc1nc(C)c(C(=O)O)s1. The second kappa shape index (κ2) is 4.41. The zero-order valence-corrected chi connectivity index (χ0v) is 9.31. The predicted octanol–water partition coefficient (Wildman–Crippen LogP) is 2.36. The van der Waals surface area contributed by atoms with Gasteiger partial charge in [0.15, 0.2) is 5.13 Å². The largest absolute Gasteiger partial charge is 0.477 e. The van der Waals surface area contributed by atoms with Gasteiger partial charge in [0, 0.05) is 6.04 Å². The molecule has 1 rings (SSSR count). The molecule has 0 bridgehead atoms. The molecular formula is C9H14N2O2S. The van der Waals surface area contributed by atoms with Gasteiger partial charge in [-0.2, -0.15) is 0 Å². The van der Waals surface area contributed by atoms with Crippen LogP contribution in [0.4, 0.5) is 5.13 Å². The number of aryl methyl sites for hydroxylation is 1. The molecule has 1 aromatic rings. The van der Waals surface area contributed by atoms with Crippen molar-refractivity contribution in [3.05, 3.63) is 10.6 Å². The third kappa shape index (κ3) is 2.45. The molecule has 0 saturated heterocycles. The second-order valence-electron chi connectivity index (χ2n) is 3.19. The van der Waals surface area contributed by atoms with Crippen molar-refractivity contribution in [1.82, 2.24) is 4.98 Å². The van der Waals surface area contributed by atoms with Gasteiger partial charge in [-0.25, -0.2) is 9.78 Å². The maximum atomic E-state index is 10.7. The van der Waals surface area contributed by atoms with Crippen molar-refractivity contribution in [3.63, 3.8) is 0 Å². The summed E-state index contributed by atoms with van der Waals surface area (Å²) in [5.74, 6) is -0.905. The highest BCUT2D eigenvalue weighted by Gasteiger charge is 2.14. The zero-order chi connectivity index (χ0) is 10.7. The maximum Gasteiger partial charge on any atom is 0.347 e. The lowest BCUT2D eigenvalue weighted by atomic mass is 10.3. The van der Waals surface area contributed by atoms with Crippen LogP contribution in [0.5, 0.6) is 0 Å². The first kappa shape index (κ1) is 11.0. The monoisotopic (exact) mass is 214 g/mol. The van der Waals surface area contributed by atoms with Crippen molar-refractivity contribution >= 4 is 22.4 Å². The van der Waals surface area contributed by atoms with E-state index in [9.17, 15) is 4.79 Å². The molecule has 0 amide bonds. The fourth-order valence-electron chi connectivity index (χ4n) is 0.969. The number of anilines is 1. The summed E-state index contributed by atoms with van der Waals surface area (Å²) in [4.78, 5) is 15.2. The Morgan fingerprint density at radius 2 is 2.36 bits per heavy atom. The highest BCUT2D eigenvalue weighted by Crippen LogP contribution is 2.23. The first-order chi connectivity index (χ1) is 6.54. The molecule has 0 aliphatic rings. The van der Waals surface area contributed by atoms with E-state index in [1.165, 1.54) is 11.3 Å².